The molecule has 6 heteroatoms. The fraction of sp³-hybridized carbons (Fsp3) is 0.412. The number of rotatable bonds is 2. The molecular formula is C17H18N2O4. The van der Waals surface area contributed by atoms with Gasteiger partial charge in [-0.25, -0.2) is 0 Å². The largest absolute Gasteiger partial charge is 0.376 e. The zero-order chi connectivity index (χ0) is 15.6. The predicted octanol–water partition coefficient (Wildman–Crippen LogP) is 2.31. The Morgan fingerprint density at radius 3 is 2.91 bits per heavy atom. The zero-order valence-electron chi connectivity index (χ0n) is 12.7. The third kappa shape index (κ3) is 2.64. The fourth-order valence-electron chi connectivity index (χ4n) is 3.16. The van der Waals surface area contributed by atoms with Gasteiger partial charge in [0.2, 0.25) is 0 Å². The summed E-state index contributed by atoms with van der Waals surface area (Å²) in [4.78, 5) is 14.7. The number of benzene rings is 1. The van der Waals surface area contributed by atoms with Gasteiger partial charge in [0.05, 0.1) is 31.4 Å². The normalized spacial score (nSPS) is 21.0. The van der Waals surface area contributed by atoms with Crippen LogP contribution in [0, 0.1) is 0 Å². The maximum atomic E-state index is 13.0. The number of hydrogen-bond donors (Lipinski definition) is 0. The Kier molecular flexibility index (Phi) is 3.85. The Morgan fingerprint density at radius 2 is 2.04 bits per heavy atom. The van der Waals surface area contributed by atoms with Gasteiger partial charge in [-0.2, -0.15) is 0 Å². The van der Waals surface area contributed by atoms with Crippen molar-refractivity contribution in [3.63, 3.8) is 0 Å². The van der Waals surface area contributed by atoms with Crippen molar-refractivity contribution in [2.45, 2.75) is 25.5 Å². The molecule has 1 aromatic heterocycles. The summed E-state index contributed by atoms with van der Waals surface area (Å²) in [6, 6.07) is 10.0. The number of carbonyl (C=O) groups is 1. The number of fused-ring (bicyclic) bond motifs is 1. The first-order valence-corrected chi connectivity index (χ1v) is 7.83. The molecule has 0 aliphatic carbocycles. The summed E-state index contributed by atoms with van der Waals surface area (Å²) in [5.41, 5.74) is 2.24. The van der Waals surface area contributed by atoms with E-state index >= 15 is 0 Å². The van der Waals surface area contributed by atoms with Gasteiger partial charge < -0.3 is 18.9 Å². The second-order valence-corrected chi connectivity index (χ2v) is 5.76. The van der Waals surface area contributed by atoms with Gasteiger partial charge in [-0.1, -0.05) is 35.5 Å². The second-order valence-electron chi connectivity index (χ2n) is 5.76. The lowest BCUT2D eigenvalue weighted by molar-refractivity contribution is -0.0345. The van der Waals surface area contributed by atoms with Crippen molar-refractivity contribution in [2.75, 3.05) is 19.9 Å². The summed E-state index contributed by atoms with van der Waals surface area (Å²) in [6.45, 7) is 1.89. The minimum atomic E-state index is -0.158. The van der Waals surface area contributed by atoms with E-state index in [9.17, 15) is 4.79 Å². The summed E-state index contributed by atoms with van der Waals surface area (Å²) in [7, 11) is 0. The molecular weight excluding hydrogens is 296 g/mol. The van der Waals surface area contributed by atoms with Crippen molar-refractivity contribution in [1.29, 1.82) is 0 Å². The third-order valence-corrected chi connectivity index (χ3v) is 4.38. The summed E-state index contributed by atoms with van der Waals surface area (Å²) >= 11 is 0. The Bertz CT molecular complexity index is 698. The van der Waals surface area contributed by atoms with Gasteiger partial charge in [-0.05, 0) is 12.0 Å². The fourth-order valence-corrected chi connectivity index (χ4v) is 3.16. The van der Waals surface area contributed by atoms with Crippen molar-refractivity contribution in [3.8, 4) is 0 Å². The van der Waals surface area contributed by atoms with E-state index in [-0.39, 0.29) is 18.7 Å². The highest BCUT2D eigenvalue weighted by molar-refractivity contribution is 5.94. The number of aromatic nitrogens is 1. The molecule has 1 fully saturated rings. The molecule has 4 rings (SSSR count). The first-order valence-electron chi connectivity index (χ1n) is 7.83. The molecule has 0 spiro atoms. The maximum Gasteiger partial charge on any atom is 0.278 e. The van der Waals surface area contributed by atoms with E-state index in [4.69, 9.17) is 14.0 Å². The quantitative estimate of drug-likeness (QED) is 0.851. The lowest BCUT2D eigenvalue weighted by atomic mass is 10.0. The van der Waals surface area contributed by atoms with Crippen LogP contribution in [0.15, 0.2) is 34.9 Å². The van der Waals surface area contributed by atoms with Gasteiger partial charge in [0, 0.05) is 6.42 Å². The molecule has 23 heavy (non-hydrogen) atoms. The second kappa shape index (κ2) is 6.14. The number of nitrogens with zero attached hydrogens (tertiary/aromatic N) is 2. The number of ether oxygens (including phenoxy) is 2. The first kappa shape index (κ1) is 14.4. The molecule has 2 aliphatic heterocycles. The highest BCUT2D eigenvalue weighted by Gasteiger charge is 2.34. The molecule has 120 valence electrons. The van der Waals surface area contributed by atoms with E-state index < -0.39 is 0 Å². The van der Waals surface area contributed by atoms with E-state index in [1.54, 1.807) is 4.90 Å². The summed E-state index contributed by atoms with van der Waals surface area (Å²) in [5, 5.41) is 4.00. The van der Waals surface area contributed by atoms with Crippen LogP contribution in [-0.2, 0) is 22.5 Å². The highest BCUT2D eigenvalue weighted by atomic mass is 16.5. The lowest BCUT2D eigenvalue weighted by Crippen LogP contribution is -2.41. The molecule has 1 amide bonds. The Hall–Kier alpha value is -2.18. The van der Waals surface area contributed by atoms with Crippen LogP contribution in [0.25, 0.3) is 0 Å². The predicted molar refractivity (Wildman–Crippen MR) is 80.7 cm³/mol. The molecule has 6 nitrogen and oxygen atoms in total. The van der Waals surface area contributed by atoms with Crippen LogP contribution in [0.4, 0.5) is 0 Å². The summed E-state index contributed by atoms with van der Waals surface area (Å²) in [5.74, 6) is 0.600. The molecule has 1 atom stereocenters. The van der Waals surface area contributed by atoms with Crippen molar-refractivity contribution in [1.82, 2.24) is 10.1 Å². The third-order valence-electron chi connectivity index (χ3n) is 4.38. The van der Waals surface area contributed by atoms with Crippen LogP contribution in [-0.4, -0.2) is 35.9 Å². The molecule has 1 unspecified atom stereocenters. The molecule has 0 radical (unpaired) electrons. The average Bonchev–Trinajstić information content (AvgIpc) is 3.06. The Morgan fingerprint density at radius 1 is 1.17 bits per heavy atom. The maximum absolute atomic E-state index is 13.0. The smallest absolute Gasteiger partial charge is 0.278 e. The van der Waals surface area contributed by atoms with E-state index in [2.05, 4.69) is 5.16 Å². The van der Waals surface area contributed by atoms with Crippen molar-refractivity contribution in [2.24, 2.45) is 0 Å². The number of amides is 1. The van der Waals surface area contributed by atoms with Crippen molar-refractivity contribution in [3.05, 3.63) is 52.9 Å². The van der Waals surface area contributed by atoms with Crippen LogP contribution in [0.3, 0.4) is 0 Å². The molecule has 1 aromatic carbocycles. The van der Waals surface area contributed by atoms with Gasteiger partial charge in [0.15, 0.2) is 5.69 Å². The Labute approximate surface area is 134 Å². The van der Waals surface area contributed by atoms with Gasteiger partial charge in [0.25, 0.3) is 5.91 Å². The van der Waals surface area contributed by atoms with E-state index in [1.807, 2.05) is 30.3 Å². The van der Waals surface area contributed by atoms with Gasteiger partial charge >= 0.3 is 0 Å². The van der Waals surface area contributed by atoms with Gasteiger partial charge in [0.1, 0.15) is 12.5 Å². The lowest BCUT2D eigenvalue weighted by Gasteiger charge is -2.35. The van der Waals surface area contributed by atoms with E-state index in [1.165, 1.54) is 0 Å². The molecule has 0 saturated carbocycles. The summed E-state index contributed by atoms with van der Waals surface area (Å²) < 4.78 is 16.3. The minimum absolute atomic E-state index is 0.00527. The SMILES string of the molecule is O=C(c1noc2c1COCC2)N1COCCC1c1ccccc1. The molecule has 3 heterocycles. The van der Waals surface area contributed by atoms with Crippen LogP contribution in [0.2, 0.25) is 0 Å². The zero-order valence-corrected chi connectivity index (χ0v) is 12.7. The van der Waals surface area contributed by atoms with Crippen LogP contribution < -0.4 is 0 Å². The topological polar surface area (TPSA) is 64.8 Å². The standard InChI is InChI=1S/C17H18N2O4/c20-17(16-13-10-21-9-7-15(13)23-18-16)19-11-22-8-6-14(19)12-4-2-1-3-5-12/h1-5,14H,6-11H2. The van der Waals surface area contributed by atoms with Crippen LogP contribution in [0.5, 0.6) is 0 Å². The van der Waals surface area contributed by atoms with Crippen LogP contribution >= 0.6 is 0 Å². The molecule has 0 N–H and O–H groups in total. The highest BCUT2D eigenvalue weighted by Crippen LogP contribution is 2.30. The minimum Gasteiger partial charge on any atom is -0.376 e. The van der Waals surface area contributed by atoms with Gasteiger partial charge in [-0.3, -0.25) is 4.79 Å². The number of hydrogen-bond acceptors (Lipinski definition) is 5. The monoisotopic (exact) mass is 314 g/mol. The molecule has 1 saturated heterocycles. The average molecular weight is 314 g/mol. The Balaban J connectivity index is 1.64. The van der Waals surface area contributed by atoms with E-state index in [0.29, 0.717) is 31.9 Å². The van der Waals surface area contributed by atoms with Crippen molar-refractivity contribution < 1.29 is 18.8 Å². The van der Waals surface area contributed by atoms with Crippen molar-refractivity contribution >= 4 is 5.91 Å². The molecule has 0 bridgehead atoms. The summed E-state index contributed by atoms with van der Waals surface area (Å²) in [6.07, 6.45) is 1.43. The molecule has 2 aromatic rings. The van der Waals surface area contributed by atoms with E-state index in [0.717, 1.165) is 23.3 Å². The first-order chi connectivity index (χ1) is 11.3. The van der Waals surface area contributed by atoms with Crippen LogP contribution in [0.1, 0.15) is 39.8 Å². The molecule has 2 aliphatic rings. The number of carbonyl (C=O) groups excluding carboxylic acids is 1. The van der Waals surface area contributed by atoms with Gasteiger partial charge in [-0.15, -0.1) is 0 Å².